The molecule has 0 aliphatic carbocycles. The average molecular weight is 290 g/mol. The molecule has 0 aromatic carbocycles. The monoisotopic (exact) mass is 289 g/mol. The summed E-state index contributed by atoms with van der Waals surface area (Å²) in [4.78, 5) is 12.0. The molecule has 6 heteroatoms. The highest BCUT2D eigenvalue weighted by atomic mass is 35.5. The van der Waals surface area contributed by atoms with Crippen molar-refractivity contribution < 1.29 is 9.53 Å². The van der Waals surface area contributed by atoms with Crippen LogP contribution in [0.5, 0.6) is 0 Å². The zero-order chi connectivity index (χ0) is 13.0. The fourth-order valence-corrected chi connectivity index (χ4v) is 2.70. The molecule has 1 aromatic rings. The number of hydrogen-bond acceptors (Lipinski definition) is 4. The Balaban J connectivity index is 3.23. The van der Waals surface area contributed by atoms with E-state index in [9.17, 15) is 4.79 Å². The zero-order valence-corrected chi connectivity index (χ0v) is 11.5. The largest absolute Gasteiger partial charge is 0.462 e. The second-order valence-electron chi connectivity index (χ2n) is 3.08. The second kappa shape index (κ2) is 6.06. The number of thiophene rings is 1. The Morgan fingerprint density at radius 2 is 2.29 bits per heavy atom. The summed E-state index contributed by atoms with van der Waals surface area (Å²) in [5.41, 5.74) is 0.628. The molecule has 1 heterocycles. The van der Waals surface area contributed by atoms with Crippen LogP contribution in [0.4, 0.5) is 0 Å². The van der Waals surface area contributed by atoms with E-state index in [0.29, 0.717) is 9.90 Å². The minimum Gasteiger partial charge on any atom is -0.462 e. The van der Waals surface area contributed by atoms with Gasteiger partial charge in [0.2, 0.25) is 0 Å². The van der Waals surface area contributed by atoms with Gasteiger partial charge in [-0.1, -0.05) is 23.2 Å². The van der Waals surface area contributed by atoms with Crippen molar-refractivity contribution in [3.8, 4) is 6.07 Å². The number of esters is 1. The summed E-state index contributed by atoms with van der Waals surface area (Å²) in [5, 5.41) is 11.2. The highest BCUT2D eigenvalue weighted by molar-refractivity contribution is 7.13. The van der Waals surface area contributed by atoms with Gasteiger partial charge in [0.25, 0.3) is 0 Å². The summed E-state index contributed by atoms with van der Waals surface area (Å²) in [7, 11) is 0. The van der Waals surface area contributed by atoms with Crippen LogP contribution >= 0.6 is 34.5 Å². The van der Waals surface area contributed by atoms with E-state index in [1.807, 2.05) is 6.92 Å². The summed E-state index contributed by atoms with van der Waals surface area (Å²) >= 11 is 13.3. The normalized spacial score (nSPS) is 11.7. The second-order valence-corrected chi connectivity index (χ2v) is 4.72. The van der Waals surface area contributed by atoms with Crippen LogP contribution in [0.25, 0.3) is 5.03 Å². The van der Waals surface area contributed by atoms with Crippen LogP contribution in [0.15, 0.2) is 11.0 Å². The third-order valence-electron chi connectivity index (χ3n) is 1.91. The average Bonchev–Trinajstić information content (AvgIpc) is 2.61. The molecule has 1 aromatic heterocycles. The zero-order valence-electron chi connectivity index (χ0n) is 9.21. The van der Waals surface area contributed by atoms with Gasteiger partial charge in [-0.05, 0) is 24.8 Å². The topological polar surface area (TPSA) is 50.1 Å². The summed E-state index contributed by atoms with van der Waals surface area (Å²) in [5.74, 6) is -0.734. The molecule has 0 saturated heterocycles. The molecule has 0 atom stereocenters. The number of nitriles is 1. The standard InChI is InChI=1S/C11H9Cl2NO2S/c1-3-16-11(15)7(4-14)9(13)10-8(12)6(2)5-17-10/h5H,3H2,1-2H3/b9-7+. The van der Waals surface area contributed by atoms with Crippen molar-refractivity contribution in [3.63, 3.8) is 0 Å². The Morgan fingerprint density at radius 3 is 2.71 bits per heavy atom. The number of carbonyl (C=O) groups is 1. The van der Waals surface area contributed by atoms with Crippen LogP contribution in [0, 0.1) is 18.3 Å². The number of halogens is 2. The lowest BCUT2D eigenvalue weighted by atomic mass is 10.2. The highest BCUT2D eigenvalue weighted by Crippen LogP contribution is 2.36. The van der Waals surface area contributed by atoms with E-state index >= 15 is 0 Å². The molecule has 0 N–H and O–H groups in total. The highest BCUT2D eigenvalue weighted by Gasteiger charge is 2.20. The SMILES string of the molecule is CCOC(=O)/C(C#N)=C(/Cl)c1scc(C)c1Cl. The van der Waals surface area contributed by atoms with Crippen LogP contribution in [0.3, 0.4) is 0 Å². The maximum absolute atomic E-state index is 11.5. The van der Waals surface area contributed by atoms with Gasteiger partial charge in [0, 0.05) is 0 Å². The predicted molar refractivity (Wildman–Crippen MR) is 69.1 cm³/mol. The maximum atomic E-state index is 11.5. The molecule has 90 valence electrons. The smallest absolute Gasteiger partial charge is 0.350 e. The molecule has 1 rings (SSSR count). The van der Waals surface area contributed by atoms with Crippen molar-refractivity contribution in [1.82, 2.24) is 0 Å². The van der Waals surface area contributed by atoms with Crippen LogP contribution in [-0.2, 0) is 9.53 Å². The number of hydrogen-bond donors (Lipinski definition) is 0. The Bertz CT molecular complexity index is 514. The molecule has 0 bridgehead atoms. The molecular weight excluding hydrogens is 281 g/mol. The quantitative estimate of drug-likeness (QED) is 0.484. The van der Waals surface area contributed by atoms with Gasteiger partial charge < -0.3 is 4.74 Å². The molecule has 17 heavy (non-hydrogen) atoms. The van der Waals surface area contributed by atoms with E-state index in [4.69, 9.17) is 33.2 Å². The molecule has 0 unspecified atom stereocenters. The number of nitrogens with zero attached hydrogens (tertiary/aromatic N) is 1. The maximum Gasteiger partial charge on any atom is 0.350 e. The minimum absolute atomic E-state index is 0.0362. The molecule has 0 fully saturated rings. The van der Waals surface area contributed by atoms with Crippen LogP contribution in [-0.4, -0.2) is 12.6 Å². The molecule has 0 aliphatic heterocycles. The lowest BCUT2D eigenvalue weighted by Crippen LogP contribution is -2.07. The van der Waals surface area contributed by atoms with Crippen molar-refractivity contribution >= 4 is 45.5 Å². The van der Waals surface area contributed by atoms with E-state index < -0.39 is 5.97 Å². The Labute approximate surface area is 113 Å². The first-order valence-corrected chi connectivity index (χ1v) is 6.37. The van der Waals surface area contributed by atoms with Crippen molar-refractivity contribution in [2.75, 3.05) is 6.61 Å². The van der Waals surface area contributed by atoms with Crippen molar-refractivity contribution in [1.29, 1.82) is 5.26 Å². The summed E-state index contributed by atoms with van der Waals surface area (Å²) in [6.45, 7) is 3.66. The summed E-state index contributed by atoms with van der Waals surface area (Å²) in [6.07, 6.45) is 0. The van der Waals surface area contributed by atoms with E-state index in [2.05, 4.69) is 0 Å². The van der Waals surface area contributed by atoms with Crippen molar-refractivity contribution in [3.05, 3.63) is 26.4 Å². The Kier molecular flexibility index (Phi) is 5.01. The molecule has 0 radical (unpaired) electrons. The third-order valence-corrected chi connectivity index (χ3v) is 4.11. The van der Waals surface area contributed by atoms with Gasteiger partial charge in [0.15, 0.2) is 5.57 Å². The fourth-order valence-electron chi connectivity index (χ4n) is 1.08. The van der Waals surface area contributed by atoms with Crippen LogP contribution < -0.4 is 0 Å². The van der Waals surface area contributed by atoms with Gasteiger partial charge in [-0.25, -0.2) is 4.79 Å². The lowest BCUT2D eigenvalue weighted by Gasteiger charge is -2.02. The van der Waals surface area contributed by atoms with E-state index in [1.165, 1.54) is 11.3 Å². The Hall–Kier alpha value is -1.02. The van der Waals surface area contributed by atoms with Gasteiger partial charge in [-0.2, -0.15) is 5.26 Å². The first kappa shape index (κ1) is 14.0. The number of rotatable bonds is 3. The van der Waals surface area contributed by atoms with E-state index in [-0.39, 0.29) is 17.2 Å². The molecule has 0 amide bonds. The van der Waals surface area contributed by atoms with Gasteiger partial charge in [0.1, 0.15) is 6.07 Å². The first-order valence-electron chi connectivity index (χ1n) is 4.73. The molecule has 3 nitrogen and oxygen atoms in total. The minimum atomic E-state index is -0.734. The van der Waals surface area contributed by atoms with E-state index in [0.717, 1.165) is 5.56 Å². The Morgan fingerprint density at radius 1 is 1.65 bits per heavy atom. The number of ether oxygens (including phenoxy) is 1. The molecule has 0 saturated carbocycles. The van der Waals surface area contributed by atoms with E-state index in [1.54, 1.807) is 18.4 Å². The van der Waals surface area contributed by atoms with Crippen molar-refractivity contribution in [2.24, 2.45) is 0 Å². The van der Waals surface area contributed by atoms with Gasteiger partial charge in [-0.3, -0.25) is 0 Å². The number of carbonyl (C=O) groups excluding carboxylic acids is 1. The van der Waals surface area contributed by atoms with Gasteiger partial charge in [0.05, 0.1) is 21.5 Å². The van der Waals surface area contributed by atoms with Gasteiger partial charge in [-0.15, -0.1) is 11.3 Å². The molecular formula is C11H9Cl2NO2S. The van der Waals surface area contributed by atoms with Crippen LogP contribution in [0.1, 0.15) is 17.4 Å². The first-order chi connectivity index (χ1) is 8.02. The molecule has 0 spiro atoms. The summed E-state index contributed by atoms with van der Waals surface area (Å²) in [6, 6.07) is 1.74. The number of aryl methyl sites for hydroxylation is 1. The van der Waals surface area contributed by atoms with Crippen molar-refractivity contribution in [2.45, 2.75) is 13.8 Å². The predicted octanol–water partition coefficient (Wildman–Crippen LogP) is 3.75. The molecule has 0 aliphatic rings. The summed E-state index contributed by atoms with van der Waals surface area (Å²) < 4.78 is 4.74. The lowest BCUT2D eigenvalue weighted by molar-refractivity contribution is -0.137. The third kappa shape index (κ3) is 3.01. The fraction of sp³-hybridized carbons (Fsp3) is 0.273. The van der Waals surface area contributed by atoms with Gasteiger partial charge >= 0.3 is 5.97 Å². The van der Waals surface area contributed by atoms with Crippen LogP contribution in [0.2, 0.25) is 5.02 Å².